The zero-order chi connectivity index (χ0) is 12.2. The summed E-state index contributed by atoms with van der Waals surface area (Å²) in [6, 6.07) is 0.267. The molecule has 0 aromatic rings. The molecule has 0 saturated carbocycles. The van der Waals surface area contributed by atoms with Gasteiger partial charge in [-0.3, -0.25) is 0 Å². The topological polar surface area (TPSA) is 47.3 Å². The van der Waals surface area contributed by atoms with Gasteiger partial charge in [0.15, 0.2) is 0 Å². The molecule has 1 aliphatic rings. The molecule has 1 unspecified atom stereocenters. The van der Waals surface area contributed by atoms with Crippen LogP contribution >= 0.6 is 0 Å². The molecule has 3 nitrogen and oxygen atoms in total. The van der Waals surface area contributed by atoms with Crippen molar-refractivity contribution in [3.8, 4) is 0 Å². The van der Waals surface area contributed by atoms with E-state index in [-0.39, 0.29) is 17.0 Å². The fourth-order valence-corrected chi connectivity index (χ4v) is 1.96. The van der Waals surface area contributed by atoms with E-state index in [1.54, 1.807) is 0 Å². The number of hydrogen-bond donors (Lipinski definition) is 2. The third-order valence-corrected chi connectivity index (χ3v) is 3.72. The smallest absolute Gasteiger partial charge is 0.0483 e. The molecule has 0 aromatic carbocycles. The summed E-state index contributed by atoms with van der Waals surface area (Å²) in [5, 5.41) is 3.64. The summed E-state index contributed by atoms with van der Waals surface area (Å²) in [5.74, 6) is 0. The highest BCUT2D eigenvalue weighted by atomic mass is 16.5. The summed E-state index contributed by atoms with van der Waals surface area (Å²) in [6.45, 7) is 11.7. The van der Waals surface area contributed by atoms with Crippen molar-refractivity contribution in [2.24, 2.45) is 11.1 Å². The Morgan fingerprint density at radius 2 is 1.88 bits per heavy atom. The second-order valence-corrected chi connectivity index (χ2v) is 6.36. The number of ether oxygens (including phenoxy) is 1. The van der Waals surface area contributed by atoms with Gasteiger partial charge in [0.1, 0.15) is 0 Å². The van der Waals surface area contributed by atoms with Crippen molar-refractivity contribution in [1.82, 2.24) is 5.32 Å². The second-order valence-electron chi connectivity index (χ2n) is 6.36. The lowest BCUT2D eigenvalue weighted by Gasteiger charge is -2.36. The first kappa shape index (κ1) is 13.9. The van der Waals surface area contributed by atoms with Gasteiger partial charge >= 0.3 is 0 Å². The molecular formula is C13H28N2O. The molecule has 0 radical (unpaired) electrons. The summed E-state index contributed by atoms with van der Waals surface area (Å²) in [4.78, 5) is 0. The van der Waals surface area contributed by atoms with Crippen LogP contribution < -0.4 is 11.1 Å². The molecule has 1 fully saturated rings. The fraction of sp³-hybridized carbons (Fsp3) is 1.00. The molecule has 1 rings (SSSR count). The molecule has 1 atom stereocenters. The molecule has 16 heavy (non-hydrogen) atoms. The van der Waals surface area contributed by atoms with Gasteiger partial charge in [0.25, 0.3) is 0 Å². The van der Waals surface area contributed by atoms with Gasteiger partial charge in [0.2, 0.25) is 0 Å². The van der Waals surface area contributed by atoms with Gasteiger partial charge in [0, 0.05) is 24.8 Å². The van der Waals surface area contributed by atoms with Gasteiger partial charge in [-0.1, -0.05) is 20.8 Å². The summed E-state index contributed by atoms with van der Waals surface area (Å²) >= 11 is 0. The lowest BCUT2D eigenvalue weighted by molar-refractivity contribution is 0.0448. The standard InChI is InChI=1S/C13H28N2O/c1-12(2,3)11(14)5-8-15-13(4)6-9-16-10-7-13/h11,15H,5-10,14H2,1-4H3. The van der Waals surface area contributed by atoms with Crippen molar-refractivity contribution in [3.63, 3.8) is 0 Å². The van der Waals surface area contributed by atoms with E-state index in [9.17, 15) is 0 Å². The molecular weight excluding hydrogens is 200 g/mol. The van der Waals surface area contributed by atoms with E-state index >= 15 is 0 Å². The zero-order valence-corrected chi connectivity index (χ0v) is 11.3. The Labute approximate surface area is 100 Å². The van der Waals surface area contributed by atoms with Crippen LogP contribution in [0.5, 0.6) is 0 Å². The van der Waals surface area contributed by atoms with Crippen molar-refractivity contribution in [2.45, 2.75) is 58.5 Å². The third-order valence-electron chi connectivity index (χ3n) is 3.72. The van der Waals surface area contributed by atoms with E-state index in [4.69, 9.17) is 10.5 Å². The number of nitrogens with two attached hydrogens (primary N) is 1. The van der Waals surface area contributed by atoms with E-state index in [0.717, 1.165) is 39.0 Å². The quantitative estimate of drug-likeness (QED) is 0.772. The number of hydrogen-bond acceptors (Lipinski definition) is 3. The van der Waals surface area contributed by atoms with E-state index in [1.807, 2.05) is 0 Å². The highest BCUT2D eigenvalue weighted by Gasteiger charge is 2.27. The summed E-state index contributed by atoms with van der Waals surface area (Å²) in [6.07, 6.45) is 3.26. The van der Waals surface area contributed by atoms with Crippen LogP contribution in [0, 0.1) is 5.41 Å². The van der Waals surface area contributed by atoms with Crippen molar-refractivity contribution in [2.75, 3.05) is 19.8 Å². The Hall–Kier alpha value is -0.120. The third kappa shape index (κ3) is 4.40. The van der Waals surface area contributed by atoms with Gasteiger partial charge in [0.05, 0.1) is 0 Å². The van der Waals surface area contributed by atoms with Crippen LogP contribution in [0.15, 0.2) is 0 Å². The van der Waals surface area contributed by atoms with Crippen LogP contribution in [0.1, 0.15) is 47.0 Å². The molecule has 0 aromatic heterocycles. The largest absolute Gasteiger partial charge is 0.381 e. The van der Waals surface area contributed by atoms with Gasteiger partial charge < -0.3 is 15.8 Å². The van der Waals surface area contributed by atoms with E-state index in [0.29, 0.717) is 0 Å². The van der Waals surface area contributed by atoms with Gasteiger partial charge in [-0.25, -0.2) is 0 Å². The SMILES string of the molecule is CC1(NCCC(N)C(C)(C)C)CCOCC1. The van der Waals surface area contributed by atoms with Gasteiger partial charge in [-0.15, -0.1) is 0 Å². The van der Waals surface area contributed by atoms with Crippen LogP contribution in [-0.2, 0) is 4.74 Å². The molecule has 1 aliphatic heterocycles. The summed E-state index contributed by atoms with van der Waals surface area (Å²) in [7, 11) is 0. The number of rotatable bonds is 4. The lowest BCUT2D eigenvalue weighted by Crippen LogP contribution is -2.48. The van der Waals surface area contributed by atoms with E-state index < -0.39 is 0 Å². The first-order valence-electron chi connectivity index (χ1n) is 6.42. The number of nitrogens with one attached hydrogen (secondary N) is 1. The minimum absolute atomic E-state index is 0.207. The second kappa shape index (κ2) is 5.48. The lowest BCUT2D eigenvalue weighted by atomic mass is 9.85. The predicted octanol–water partition coefficient (Wildman–Crippen LogP) is 1.91. The minimum atomic E-state index is 0.207. The van der Waals surface area contributed by atoms with Crippen LogP contribution in [0.3, 0.4) is 0 Å². The molecule has 0 bridgehead atoms. The van der Waals surface area contributed by atoms with Crippen molar-refractivity contribution < 1.29 is 4.74 Å². The Bertz CT molecular complexity index is 204. The Morgan fingerprint density at radius 1 is 1.31 bits per heavy atom. The van der Waals surface area contributed by atoms with E-state index in [2.05, 4.69) is 33.0 Å². The van der Waals surface area contributed by atoms with Crippen LogP contribution in [0.4, 0.5) is 0 Å². The molecule has 1 saturated heterocycles. The van der Waals surface area contributed by atoms with Crippen molar-refractivity contribution >= 4 is 0 Å². The highest BCUT2D eigenvalue weighted by Crippen LogP contribution is 2.22. The maximum Gasteiger partial charge on any atom is 0.0483 e. The van der Waals surface area contributed by atoms with Gasteiger partial charge in [-0.05, 0) is 38.1 Å². The summed E-state index contributed by atoms with van der Waals surface area (Å²) < 4.78 is 5.38. The molecule has 0 aliphatic carbocycles. The van der Waals surface area contributed by atoms with Gasteiger partial charge in [-0.2, -0.15) is 0 Å². The molecule has 0 spiro atoms. The van der Waals surface area contributed by atoms with Crippen molar-refractivity contribution in [1.29, 1.82) is 0 Å². The fourth-order valence-electron chi connectivity index (χ4n) is 1.96. The molecule has 3 heteroatoms. The Kier molecular flexibility index (Phi) is 4.77. The first-order chi connectivity index (χ1) is 7.33. The monoisotopic (exact) mass is 228 g/mol. The molecule has 3 N–H and O–H groups in total. The van der Waals surface area contributed by atoms with E-state index in [1.165, 1.54) is 0 Å². The Balaban J connectivity index is 2.24. The van der Waals surface area contributed by atoms with Crippen LogP contribution in [0.2, 0.25) is 0 Å². The maximum absolute atomic E-state index is 6.14. The first-order valence-corrected chi connectivity index (χ1v) is 6.42. The zero-order valence-electron chi connectivity index (χ0n) is 11.3. The average molecular weight is 228 g/mol. The predicted molar refractivity (Wildman–Crippen MR) is 68.5 cm³/mol. The molecule has 1 heterocycles. The van der Waals surface area contributed by atoms with Crippen LogP contribution in [-0.4, -0.2) is 31.3 Å². The molecule has 0 amide bonds. The minimum Gasteiger partial charge on any atom is -0.381 e. The Morgan fingerprint density at radius 3 is 2.38 bits per heavy atom. The van der Waals surface area contributed by atoms with Crippen molar-refractivity contribution in [3.05, 3.63) is 0 Å². The summed E-state index contributed by atoms with van der Waals surface area (Å²) in [5.41, 5.74) is 6.61. The molecule has 96 valence electrons. The normalized spacial score (nSPS) is 23.1. The van der Waals surface area contributed by atoms with Crippen LogP contribution in [0.25, 0.3) is 0 Å². The maximum atomic E-state index is 6.14. The highest BCUT2D eigenvalue weighted by molar-refractivity contribution is 4.86. The average Bonchev–Trinajstić information content (AvgIpc) is 2.17.